The number of hydrogen-bond acceptors (Lipinski definition) is 6. The summed E-state index contributed by atoms with van der Waals surface area (Å²) in [5.74, 6) is -0.543. The third kappa shape index (κ3) is 2.56. The van der Waals surface area contributed by atoms with Gasteiger partial charge in [-0.25, -0.2) is 18.7 Å². The minimum Gasteiger partial charge on any atom is -0.485 e. The molecule has 144 valence electrons. The zero-order chi connectivity index (χ0) is 19.4. The Hall–Kier alpha value is -2.71. The molecular weight excluding hydrogens is 392 g/mol. The van der Waals surface area contributed by atoms with Gasteiger partial charge in [-0.1, -0.05) is 11.6 Å². The Balaban J connectivity index is 1.74. The van der Waals surface area contributed by atoms with Gasteiger partial charge in [0.15, 0.2) is 17.3 Å². The zero-order valence-electron chi connectivity index (χ0n) is 14.4. The smallest absolute Gasteiger partial charge is 0.174 e. The van der Waals surface area contributed by atoms with Crippen LogP contribution < -0.4 is 15.2 Å². The lowest BCUT2D eigenvalue weighted by Crippen LogP contribution is -2.45. The number of rotatable bonds is 2. The minimum atomic E-state index is -0.888. The average molecular weight is 406 g/mol. The van der Waals surface area contributed by atoms with Crippen LogP contribution in [0.4, 0.5) is 14.6 Å². The largest absolute Gasteiger partial charge is 0.485 e. The highest BCUT2D eigenvalue weighted by atomic mass is 35.5. The number of nitrogens with two attached hydrogens (primary N) is 1. The topological polar surface area (TPSA) is 79.5 Å². The lowest BCUT2D eigenvalue weighted by atomic mass is 9.98. The average Bonchev–Trinajstić information content (AvgIpc) is 2.64. The van der Waals surface area contributed by atoms with Crippen molar-refractivity contribution in [3.8, 4) is 22.6 Å². The SMILES string of the molecule is Nc1ncnc2c(-c3ccc(F)c(Cl)c3F)cc3c(c12)OC[C@H](C1COC1)O3. The number of anilines is 1. The van der Waals surface area contributed by atoms with Crippen molar-refractivity contribution in [1.29, 1.82) is 0 Å². The van der Waals surface area contributed by atoms with Gasteiger partial charge in [-0.2, -0.15) is 0 Å². The molecule has 3 aromatic rings. The van der Waals surface area contributed by atoms with Gasteiger partial charge in [-0.15, -0.1) is 0 Å². The van der Waals surface area contributed by atoms with Crippen molar-refractivity contribution in [2.75, 3.05) is 25.6 Å². The molecule has 0 aliphatic carbocycles. The molecule has 0 amide bonds. The molecule has 0 bridgehead atoms. The van der Waals surface area contributed by atoms with Gasteiger partial charge < -0.3 is 19.9 Å². The normalized spacial score (nSPS) is 18.9. The quantitative estimate of drug-likeness (QED) is 0.656. The van der Waals surface area contributed by atoms with Crippen LogP contribution in [0.1, 0.15) is 0 Å². The predicted molar refractivity (Wildman–Crippen MR) is 98.5 cm³/mol. The summed E-state index contributed by atoms with van der Waals surface area (Å²) in [7, 11) is 0. The first-order valence-corrected chi connectivity index (χ1v) is 9.00. The molecule has 2 aromatic carbocycles. The predicted octanol–water partition coefficient (Wildman–Crippen LogP) is 3.60. The second-order valence-electron chi connectivity index (χ2n) is 6.72. The molecule has 2 aliphatic heterocycles. The van der Waals surface area contributed by atoms with E-state index in [0.29, 0.717) is 47.8 Å². The van der Waals surface area contributed by atoms with Gasteiger partial charge in [0.2, 0.25) is 0 Å². The molecule has 3 heterocycles. The highest BCUT2D eigenvalue weighted by Gasteiger charge is 2.35. The van der Waals surface area contributed by atoms with Crippen LogP contribution in [0, 0.1) is 17.6 Å². The van der Waals surface area contributed by atoms with E-state index in [1.165, 1.54) is 12.4 Å². The summed E-state index contributed by atoms with van der Waals surface area (Å²) >= 11 is 5.77. The highest BCUT2D eigenvalue weighted by Crippen LogP contribution is 2.46. The van der Waals surface area contributed by atoms with E-state index in [2.05, 4.69) is 9.97 Å². The number of nitrogen functional groups attached to an aromatic ring is 1. The maximum absolute atomic E-state index is 14.7. The minimum absolute atomic E-state index is 0.0787. The molecule has 6 nitrogen and oxygen atoms in total. The van der Waals surface area contributed by atoms with E-state index in [1.54, 1.807) is 6.07 Å². The van der Waals surface area contributed by atoms with Gasteiger partial charge in [-0.3, -0.25) is 0 Å². The number of fused-ring (bicyclic) bond motifs is 3. The van der Waals surface area contributed by atoms with Crippen LogP contribution in [0.15, 0.2) is 24.5 Å². The first-order valence-electron chi connectivity index (χ1n) is 8.63. The fourth-order valence-corrected chi connectivity index (χ4v) is 3.61. The molecule has 2 aliphatic rings. The Morgan fingerprint density at radius 1 is 1.11 bits per heavy atom. The van der Waals surface area contributed by atoms with Crippen molar-refractivity contribution in [2.45, 2.75) is 6.10 Å². The molecule has 1 aromatic heterocycles. The van der Waals surface area contributed by atoms with E-state index in [9.17, 15) is 8.78 Å². The van der Waals surface area contributed by atoms with Gasteiger partial charge in [0.05, 0.1) is 24.1 Å². The summed E-state index contributed by atoms with van der Waals surface area (Å²) < 4.78 is 45.6. The number of hydrogen-bond donors (Lipinski definition) is 1. The fourth-order valence-electron chi connectivity index (χ4n) is 3.45. The first kappa shape index (κ1) is 17.4. The molecule has 1 fully saturated rings. The van der Waals surface area contributed by atoms with Gasteiger partial charge >= 0.3 is 0 Å². The Bertz CT molecular complexity index is 1110. The molecule has 0 unspecified atom stereocenters. The first-order chi connectivity index (χ1) is 13.5. The molecule has 1 saturated heterocycles. The van der Waals surface area contributed by atoms with Crippen molar-refractivity contribution in [2.24, 2.45) is 5.92 Å². The van der Waals surface area contributed by atoms with E-state index in [0.717, 1.165) is 6.07 Å². The Morgan fingerprint density at radius 3 is 2.68 bits per heavy atom. The molecule has 28 heavy (non-hydrogen) atoms. The maximum atomic E-state index is 14.7. The molecule has 1 atom stereocenters. The van der Waals surface area contributed by atoms with E-state index in [1.807, 2.05) is 0 Å². The molecule has 5 rings (SSSR count). The van der Waals surface area contributed by atoms with Crippen molar-refractivity contribution < 1.29 is 23.0 Å². The van der Waals surface area contributed by atoms with Crippen LogP contribution in [-0.4, -0.2) is 35.9 Å². The summed E-state index contributed by atoms with van der Waals surface area (Å²) in [6.07, 6.45) is 1.08. The van der Waals surface area contributed by atoms with E-state index in [-0.39, 0.29) is 23.4 Å². The lowest BCUT2D eigenvalue weighted by molar-refractivity contribution is -0.0990. The second kappa shape index (κ2) is 6.42. The summed E-state index contributed by atoms with van der Waals surface area (Å²) in [5, 5.41) is -0.176. The van der Waals surface area contributed by atoms with Crippen LogP contribution in [0.3, 0.4) is 0 Å². The van der Waals surface area contributed by atoms with Crippen molar-refractivity contribution in [3.05, 3.63) is 41.2 Å². The lowest BCUT2D eigenvalue weighted by Gasteiger charge is -2.37. The van der Waals surface area contributed by atoms with Crippen LogP contribution in [0.5, 0.6) is 11.5 Å². The van der Waals surface area contributed by atoms with E-state index < -0.39 is 16.7 Å². The molecule has 2 N–H and O–H groups in total. The van der Waals surface area contributed by atoms with Crippen molar-refractivity contribution in [3.63, 3.8) is 0 Å². The Morgan fingerprint density at radius 2 is 1.93 bits per heavy atom. The molecule has 0 saturated carbocycles. The van der Waals surface area contributed by atoms with E-state index in [4.69, 9.17) is 31.5 Å². The van der Waals surface area contributed by atoms with Gasteiger partial charge in [0.1, 0.15) is 35.7 Å². The Kier molecular flexibility index (Phi) is 3.99. The maximum Gasteiger partial charge on any atom is 0.174 e. The van der Waals surface area contributed by atoms with Gasteiger partial charge in [0.25, 0.3) is 0 Å². The summed E-state index contributed by atoms with van der Waals surface area (Å²) in [6, 6.07) is 4.02. The zero-order valence-corrected chi connectivity index (χ0v) is 15.2. The third-order valence-corrected chi connectivity index (χ3v) is 5.39. The summed E-state index contributed by atoms with van der Waals surface area (Å²) in [4.78, 5) is 8.27. The van der Waals surface area contributed by atoms with Crippen LogP contribution in [0.2, 0.25) is 5.02 Å². The number of ether oxygens (including phenoxy) is 3. The fraction of sp³-hybridized carbons (Fsp3) is 0.263. The van der Waals surface area contributed by atoms with Gasteiger partial charge in [-0.05, 0) is 18.2 Å². The second-order valence-corrected chi connectivity index (χ2v) is 7.10. The van der Waals surface area contributed by atoms with Gasteiger partial charge in [0, 0.05) is 17.0 Å². The number of benzene rings is 2. The van der Waals surface area contributed by atoms with Crippen LogP contribution >= 0.6 is 11.6 Å². The van der Waals surface area contributed by atoms with Crippen molar-refractivity contribution >= 4 is 28.3 Å². The summed E-state index contributed by atoms with van der Waals surface area (Å²) in [6.45, 7) is 1.52. The van der Waals surface area contributed by atoms with E-state index >= 15 is 0 Å². The Labute approximate surface area is 163 Å². The number of halogens is 3. The summed E-state index contributed by atoms with van der Waals surface area (Å²) in [5.41, 5.74) is 6.86. The van der Waals surface area contributed by atoms with Crippen LogP contribution in [0.25, 0.3) is 22.0 Å². The standard InChI is InChI=1S/C19H14ClF2N3O3/c20-15-11(21)2-1-9(16(15)22)10-3-12-18(14-17(10)24-7-25-19(14)23)27-6-13(28-12)8-4-26-5-8/h1-3,7-8,13H,4-6H2,(H2,23,24,25)/t13-/m1/s1. The highest BCUT2D eigenvalue weighted by molar-refractivity contribution is 6.31. The molecule has 0 spiro atoms. The molecule has 0 radical (unpaired) electrons. The van der Waals surface area contributed by atoms with Crippen molar-refractivity contribution in [1.82, 2.24) is 9.97 Å². The monoisotopic (exact) mass is 405 g/mol. The number of nitrogens with zero attached hydrogens (tertiary/aromatic N) is 2. The molecule has 9 heteroatoms. The molecular formula is C19H14ClF2N3O3. The third-order valence-electron chi connectivity index (χ3n) is 5.04. The van der Waals surface area contributed by atoms with Crippen LogP contribution in [-0.2, 0) is 4.74 Å². The number of aromatic nitrogens is 2.